The van der Waals surface area contributed by atoms with Crippen molar-refractivity contribution in [1.29, 1.82) is 0 Å². The van der Waals surface area contributed by atoms with Gasteiger partial charge in [0.2, 0.25) is 0 Å². The number of hydrogen-bond acceptors (Lipinski definition) is 2. The molecule has 2 aliphatic heterocycles. The van der Waals surface area contributed by atoms with Crippen molar-refractivity contribution in [3.05, 3.63) is 6.61 Å². The van der Waals surface area contributed by atoms with E-state index in [1.54, 1.807) is 6.61 Å². The first kappa shape index (κ1) is 8.56. The van der Waals surface area contributed by atoms with E-state index in [9.17, 15) is 0 Å². The molecule has 62 valence electrons. The predicted octanol–water partition coefficient (Wildman–Crippen LogP) is 1.36. The molecule has 0 aromatic rings. The summed E-state index contributed by atoms with van der Waals surface area (Å²) in [6.45, 7) is 6.27. The van der Waals surface area contributed by atoms with Gasteiger partial charge in [0.25, 0.3) is 0 Å². The Morgan fingerprint density at radius 2 is 2.55 bits per heavy atom. The fraction of sp³-hybridized carbons (Fsp3) is 0.875. The molecule has 0 radical (unpaired) electrons. The number of ether oxygens (including phenoxy) is 2. The molecule has 0 aromatic heterocycles. The molecule has 0 aromatic carbocycles. The SMILES string of the molecule is [2H]C(C)[C@@]12CO[C@@H]([CH-]O1)[C@@H]2C.[U]. The third kappa shape index (κ3) is 1.31. The summed E-state index contributed by atoms with van der Waals surface area (Å²) in [6, 6.07) is 0. The van der Waals surface area contributed by atoms with Crippen LogP contribution < -0.4 is 0 Å². The van der Waals surface area contributed by atoms with Crippen LogP contribution in [0.15, 0.2) is 0 Å². The molecule has 0 aliphatic carbocycles. The van der Waals surface area contributed by atoms with Crippen molar-refractivity contribution in [3.63, 3.8) is 0 Å². The first-order valence-corrected chi connectivity index (χ1v) is 3.72. The molecule has 2 aliphatic rings. The zero-order chi connectivity index (χ0) is 8.06. The van der Waals surface area contributed by atoms with Crippen LogP contribution in [0.4, 0.5) is 0 Å². The Morgan fingerprint density at radius 1 is 1.82 bits per heavy atom. The fourth-order valence-electron chi connectivity index (χ4n) is 1.69. The van der Waals surface area contributed by atoms with Crippen molar-refractivity contribution >= 4 is 0 Å². The van der Waals surface area contributed by atoms with Crippen LogP contribution in [0.2, 0.25) is 0 Å². The van der Waals surface area contributed by atoms with Crippen LogP contribution in [0.5, 0.6) is 0 Å². The maximum atomic E-state index is 7.66. The average Bonchev–Trinajstić information content (AvgIpc) is 2.46. The van der Waals surface area contributed by atoms with E-state index in [0.29, 0.717) is 12.5 Å². The molecule has 0 N–H and O–H groups in total. The smallest absolute Gasteiger partial charge is 0.0700 e. The summed E-state index contributed by atoms with van der Waals surface area (Å²) in [6.07, 6.45) is -0.0796. The zero-order valence-electron chi connectivity index (χ0n) is 7.83. The van der Waals surface area contributed by atoms with Crippen molar-refractivity contribution < 1.29 is 42.0 Å². The molecule has 2 rings (SSSR count). The van der Waals surface area contributed by atoms with E-state index >= 15 is 0 Å². The summed E-state index contributed by atoms with van der Waals surface area (Å²) in [5.41, 5.74) is -0.343. The monoisotopic (exact) mass is 380 g/mol. The minimum Gasteiger partial charge on any atom is -0.543 e. The van der Waals surface area contributed by atoms with Crippen LogP contribution in [0, 0.1) is 43.6 Å². The Kier molecular flexibility index (Phi) is 2.63. The molecule has 3 heteroatoms. The van der Waals surface area contributed by atoms with E-state index in [1.807, 2.05) is 6.92 Å². The predicted molar refractivity (Wildman–Crippen MR) is 37.3 cm³/mol. The van der Waals surface area contributed by atoms with Gasteiger partial charge in [-0.2, -0.15) is 6.61 Å². The van der Waals surface area contributed by atoms with E-state index in [2.05, 4.69) is 6.92 Å². The molecule has 4 atom stereocenters. The van der Waals surface area contributed by atoms with Crippen molar-refractivity contribution in [2.75, 3.05) is 6.61 Å². The van der Waals surface area contributed by atoms with Gasteiger partial charge in [0.05, 0.1) is 12.2 Å². The van der Waals surface area contributed by atoms with Gasteiger partial charge in [-0.1, -0.05) is 13.8 Å². The van der Waals surface area contributed by atoms with Gasteiger partial charge in [-0.3, -0.25) is 0 Å². The molecule has 0 saturated carbocycles. The topological polar surface area (TPSA) is 18.5 Å². The largest absolute Gasteiger partial charge is 0.543 e. The van der Waals surface area contributed by atoms with E-state index in [4.69, 9.17) is 10.8 Å². The molecule has 0 amide bonds. The maximum absolute atomic E-state index is 7.66. The minimum absolute atomic E-state index is 0. The van der Waals surface area contributed by atoms with Gasteiger partial charge in [0.15, 0.2) is 0 Å². The Labute approximate surface area is 92.8 Å². The van der Waals surface area contributed by atoms with Crippen molar-refractivity contribution in [2.24, 2.45) is 5.92 Å². The summed E-state index contributed by atoms with van der Waals surface area (Å²) in [5.74, 6) is 0.343. The minimum atomic E-state index is -0.343. The van der Waals surface area contributed by atoms with Crippen LogP contribution in [0.1, 0.15) is 21.6 Å². The van der Waals surface area contributed by atoms with E-state index in [1.165, 1.54) is 0 Å². The van der Waals surface area contributed by atoms with Gasteiger partial charge < -0.3 is 9.47 Å². The Hall–Kier alpha value is 0.972. The summed E-state index contributed by atoms with van der Waals surface area (Å²) >= 11 is 0. The Bertz CT molecular complexity index is 166. The summed E-state index contributed by atoms with van der Waals surface area (Å²) in [4.78, 5) is 0. The molecule has 2 bridgehead atoms. The normalized spacial score (nSPS) is 51.6. The average molecular weight is 380 g/mol. The van der Waals surface area contributed by atoms with Gasteiger partial charge in [-0.25, -0.2) is 0 Å². The molecule has 2 fully saturated rings. The standard InChI is InChI=1S/C8H13O2.U/c1-3-8-5-9-7(4-10-8)6(8)2;/h4,6-7H,3,5H2,1-2H3;/q-1;/t6-,7-,8-;/m0./s1/i3D;/t3?,6-,7-,8-;. The Morgan fingerprint density at radius 3 is 2.73 bits per heavy atom. The zero-order valence-corrected chi connectivity index (χ0v) is 11.0. The van der Waals surface area contributed by atoms with Crippen LogP contribution in [-0.4, -0.2) is 18.3 Å². The first-order chi connectivity index (χ1) is 5.17. The van der Waals surface area contributed by atoms with E-state index < -0.39 is 0 Å². The molecule has 2 saturated heterocycles. The second-order valence-corrected chi connectivity index (χ2v) is 3.06. The molecule has 11 heavy (non-hydrogen) atoms. The van der Waals surface area contributed by atoms with Gasteiger partial charge in [-0.05, 0) is 18.4 Å². The first-order valence-electron chi connectivity index (χ1n) is 4.29. The van der Waals surface area contributed by atoms with Gasteiger partial charge in [0, 0.05) is 32.5 Å². The summed E-state index contributed by atoms with van der Waals surface area (Å²) < 4.78 is 18.6. The molecule has 2 nitrogen and oxygen atoms in total. The van der Waals surface area contributed by atoms with Gasteiger partial charge >= 0.3 is 0 Å². The maximum Gasteiger partial charge on any atom is 0.0700 e. The molecular formula is C8H13O2U-. The van der Waals surface area contributed by atoms with Crippen molar-refractivity contribution in [2.45, 2.75) is 31.9 Å². The molecule has 1 unspecified atom stereocenters. The van der Waals surface area contributed by atoms with Gasteiger partial charge in [0.1, 0.15) is 0 Å². The molecular weight excluding hydrogens is 366 g/mol. The Balaban J connectivity index is 0.000000720. The van der Waals surface area contributed by atoms with Crippen molar-refractivity contribution in [3.8, 4) is 0 Å². The second kappa shape index (κ2) is 3.38. The quantitative estimate of drug-likeness (QED) is 0.640. The van der Waals surface area contributed by atoms with Crippen LogP contribution in [0.3, 0.4) is 0 Å². The molecule has 0 spiro atoms. The van der Waals surface area contributed by atoms with Gasteiger partial charge in [-0.15, -0.1) is 0 Å². The number of hydrogen-bond donors (Lipinski definition) is 0. The van der Waals surface area contributed by atoms with Crippen LogP contribution in [0.25, 0.3) is 0 Å². The molecule has 2 heterocycles. The third-order valence-electron chi connectivity index (χ3n) is 2.68. The summed E-state index contributed by atoms with van der Waals surface area (Å²) in [7, 11) is 0. The van der Waals surface area contributed by atoms with E-state index in [-0.39, 0.29) is 49.2 Å². The van der Waals surface area contributed by atoms with Crippen molar-refractivity contribution in [1.82, 2.24) is 0 Å². The number of rotatable bonds is 1. The van der Waals surface area contributed by atoms with Crippen LogP contribution in [-0.2, 0) is 9.47 Å². The second-order valence-electron chi connectivity index (χ2n) is 3.06. The fourth-order valence-corrected chi connectivity index (χ4v) is 1.69. The number of fused-ring (bicyclic) bond motifs is 2. The van der Waals surface area contributed by atoms with E-state index in [0.717, 1.165) is 0 Å². The third-order valence-corrected chi connectivity index (χ3v) is 2.68. The summed E-state index contributed by atoms with van der Waals surface area (Å²) in [5, 5.41) is 0. The van der Waals surface area contributed by atoms with Crippen LogP contribution >= 0.6 is 0 Å².